The number of ether oxygens (including phenoxy) is 1. The van der Waals surface area contributed by atoms with Crippen LogP contribution in [0.2, 0.25) is 5.02 Å². The number of halogens is 2. The third-order valence-corrected chi connectivity index (χ3v) is 9.61. The number of carbonyl (C=O) groups is 2. The Hall–Kier alpha value is -3.08. The summed E-state index contributed by atoms with van der Waals surface area (Å²) in [4.78, 5) is 29.0. The van der Waals surface area contributed by atoms with Crippen molar-refractivity contribution in [2.75, 3.05) is 18.0 Å². The van der Waals surface area contributed by atoms with Gasteiger partial charge in [0.15, 0.2) is 0 Å². The minimum atomic E-state index is -4.21. The lowest BCUT2D eigenvalue weighted by atomic mass is 10.1. The fourth-order valence-corrected chi connectivity index (χ4v) is 6.58. The summed E-state index contributed by atoms with van der Waals surface area (Å²) in [5, 5.41) is 3.51. The van der Waals surface area contributed by atoms with Gasteiger partial charge < -0.3 is 15.0 Å². The standard InChI is InChI=1S/C31H37BrClN3O5S/c1-6-22(4)34-31(38)28(7-2)35(19-23-10-12-24(33)13-11-23)30(37)20-36(25-14-8-21(3)9-15-25)42(39,40)26-16-17-29(41-5)27(32)18-26/h8-18,22,28H,6-7,19-20H2,1-5H3,(H,34,38)/t22-,28-/m1/s1. The second-order valence-electron chi connectivity index (χ2n) is 10.0. The lowest BCUT2D eigenvalue weighted by molar-refractivity contribution is -0.140. The molecular weight excluding hydrogens is 642 g/mol. The highest BCUT2D eigenvalue weighted by atomic mass is 79.9. The molecule has 0 aliphatic carbocycles. The summed E-state index contributed by atoms with van der Waals surface area (Å²) in [5.41, 5.74) is 2.02. The van der Waals surface area contributed by atoms with Crippen LogP contribution in [0.15, 0.2) is 76.1 Å². The molecule has 3 rings (SSSR count). The molecule has 2 amide bonds. The molecule has 0 unspecified atom stereocenters. The molecule has 42 heavy (non-hydrogen) atoms. The van der Waals surface area contributed by atoms with Crippen molar-refractivity contribution >= 4 is 55.1 Å². The molecule has 3 aromatic rings. The molecule has 0 radical (unpaired) electrons. The van der Waals surface area contributed by atoms with Crippen molar-refractivity contribution in [2.45, 2.75) is 64.1 Å². The third kappa shape index (κ3) is 8.26. The van der Waals surface area contributed by atoms with E-state index in [4.69, 9.17) is 16.3 Å². The van der Waals surface area contributed by atoms with Gasteiger partial charge in [0.2, 0.25) is 11.8 Å². The summed E-state index contributed by atoms with van der Waals surface area (Å²) in [6, 6.07) is 17.4. The van der Waals surface area contributed by atoms with Gasteiger partial charge in [-0.2, -0.15) is 0 Å². The largest absolute Gasteiger partial charge is 0.496 e. The van der Waals surface area contributed by atoms with E-state index in [0.717, 1.165) is 21.9 Å². The van der Waals surface area contributed by atoms with E-state index >= 15 is 0 Å². The SMILES string of the molecule is CC[C@@H](C)NC(=O)[C@@H](CC)N(Cc1ccc(Cl)cc1)C(=O)CN(c1ccc(C)cc1)S(=O)(=O)c1ccc(OC)c(Br)c1. The van der Waals surface area contributed by atoms with Gasteiger partial charge in [0.25, 0.3) is 10.0 Å². The Morgan fingerprint density at radius 1 is 1.00 bits per heavy atom. The number of rotatable bonds is 13. The van der Waals surface area contributed by atoms with Gasteiger partial charge >= 0.3 is 0 Å². The predicted octanol–water partition coefficient (Wildman–Crippen LogP) is 6.34. The molecule has 0 spiro atoms. The summed E-state index contributed by atoms with van der Waals surface area (Å²) >= 11 is 9.45. The summed E-state index contributed by atoms with van der Waals surface area (Å²) in [6.45, 7) is 7.16. The first-order valence-corrected chi connectivity index (χ1v) is 16.3. The molecule has 2 atom stereocenters. The van der Waals surface area contributed by atoms with E-state index in [1.54, 1.807) is 54.6 Å². The fourth-order valence-electron chi connectivity index (χ4n) is 4.32. The van der Waals surface area contributed by atoms with Gasteiger partial charge in [-0.1, -0.05) is 55.3 Å². The smallest absolute Gasteiger partial charge is 0.264 e. The summed E-state index contributed by atoms with van der Waals surface area (Å²) in [7, 11) is -2.73. The van der Waals surface area contributed by atoms with Crippen LogP contribution in [0.1, 0.15) is 44.7 Å². The molecule has 0 aliphatic heterocycles. The quantitative estimate of drug-likeness (QED) is 0.228. The molecule has 11 heteroatoms. The topological polar surface area (TPSA) is 96.0 Å². The Morgan fingerprint density at radius 3 is 2.19 bits per heavy atom. The monoisotopic (exact) mass is 677 g/mol. The van der Waals surface area contributed by atoms with Crippen molar-refractivity contribution < 1.29 is 22.7 Å². The maximum absolute atomic E-state index is 14.2. The predicted molar refractivity (Wildman–Crippen MR) is 170 cm³/mol. The van der Waals surface area contributed by atoms with Crippen LogP contribution in [0.25, 0.3) is 0 Å². The van der Waals surface area contributed by atoms with Gasteiger partial charge in [-0.25, -0.2) is 8.42 Å². The molecule has 3 aromatic carbocycles. The Labute approximate surface area is 262 Å². The number of benzene rings is 3. The van der Waals surface area contributed by atoms with Gasteiger partial charge in [0.05, 0.1) is 22.2 Å². The fraction of sp³-hybridized carbons (Fsp3) is 0.355. The highest BCUT2D eigenvalue weighted by Gasteiger charge is 2.34. The lowest BCUT2D eigenvalue weighted by Gasteiger charge is -2.33. The van der Waals surface area contributed by atoms with E-state index in [0.29, 0.717) is 27.4 Å². The average Bonchev–Trinajstić information content (AvgIpc) is 2.97. The zero-order valence-electron chi connectivity index (χ0n) is 24.4. The van der Waals surface area contributed by atoms with E-state index in [9.17, 15) is 18.0 Å². The first-order chi connectivity index (χ1) is 19.9. The van der Waals surface area contributed by atoms with E-state index in [1.807, 2.05) is 27.7 Å². The van der Waals surface area contributed by atoms with Crippen LogP contribution >= 0.6 is 27.5 Å². The molecule has 0 fully saturated rings. The third-order valence-electron chi connectivity index (χ3n) is 6.97. The first-order valence-electron chi connectivity index (χ1n) is 13.7. The summed E-state index contributed by atoms with van der Waals surface area (Å²) in [6.07, 6.45) is 1.06. The van der Waals surface area contributed by atoms with E-state index in [1.165, 1.54) is 24.1 Å². The van der Waals surface area contributed by atoms with E-state index in [-0.39, 0.29) is 23.4 Å². The molecule has 8 nitrogen and oxygen atoms in total. The van der Waals surface area contributed by atoms with Gasteiger partial charge in [-0.3, -0.25) is 13.9 Å². The average molecular weight is 679 g/mol. The second kappa shape index (κ2) is 14.9. The number of aryl methyl sites for hydroxylation is 1. The van der Waals surface area contributed by atoms with E-state index in [2.05, 4.69) is 21.2 Å². The minimum absolute atomic E-state index is 0.0191. The maximum Gasteiger partial charge on any atom is 0.264 e. The zero-order chi connectivity index (χ0) is 31.0. The molecule has 0 heterocycles. The van der Waals surface area contributed by atoms with Crippen molar-refractivity contribution in [3.8, 4) is 5.75 Å². The molecule has 0 aliphatic rings. The molecule has 0 saturated heterocycles. The maximum atomic E-state index is 14.2. The van der Waals surface area contributed by atoms with Crippen LogP contribution in [0.4, 0.5) is 5.69 Å². The Morgan fingerprint density at radius 2 is 1.64 bits per heavy atom. The molecule has 0 bridgehead atoms. The molecule has 0 aromatic heterocycles. The van der Waals surface area contributed by atoms with Crippen molar-refractivity contribution in [2.24, 2.45) is 0 Å². The highest BCUT2D eigenvalue weighted by Crippen LogP contribution is 2.31. The minimum Gasteiger partial charge on any atom is -0.496 e. The second-order valence-corrected chi connectivity index (χ2v) is 13.2. The van der Waals surface area contributed by atoms with Crippen molar-refractivity contribution in [3.05, 3.63) is 87.4 Å². The van der Waals surface area contributed by atoms with Crippen LogP contribution in [0.3, 0.4) is 0 Å². The Bertz CT molecular complexity index is 1480. The Kier molecular flexibility index (Phi) is 11.8. The normalized spacial score (nSPS) is 12.7. The van der Waals surface area contributed by atoms with Gasteiger partial charge in [-0.15, -0.1) is 0 Å². The van der Waals surface area contributed by atoms with Gasteiger partial charge in [0.1, 0.15) is 18.3 Å². The number of nitrogens with one attached hydrogen (secondary N) is 1. The number of carbonyl (C=O) groups excluding carboxylic acids is 2. The number of hydrogen-bond donors (Lipinski definition) is 1. The van der Waals surface area contributed by atoms with Crippen LogP contribution in [0.5, 0.6) is 5.75 Å². The van der Waals surface area contributed by atoms with Crippen molar-refractivity contribution in [1.82, 2.24) is 10.2 Å². The van der Waals surface area contributed by atoms with Crippen LogP contribution < -0.4 is 14.4 Å². The van der Waals surface area contributed by atoms with Gasteiger partial charge in [-0.05, 0) is 90.6 Å². The molecule has 1 N–H and O–H groups in total. The lowest BCUT2D eigenvalue weighted by Crippen LogP contribution is -2.53. The Balaban J connectivity index is 2.07. The number of hydrogen-bond acceptors (Lipinski definition) is 5. The number of methoxy groups -OCH3 is 1. The number of nitrogens with zero attached hydrogens (tertiary/aromatic N) is 2. The van der Waals surface area contributed by atoms with Crippen LogP contribution in [-0.2, 0) is 26.2 Å². The molecule has 226 valence electrons. The molecular formula is C31H37BrClN3O5S. The van der Waals surface area contributed by atoms with Gasteiger partial charge in [0, 0.05) is 17.6 Å². The highest BCUT2D eigenvalue weighted by molar-refractivity contribution is 9.10. The van der Waals surface area contributed by atoms with Crippen LogP contribution in [0, 0.1) is 6.92 Å². The summed E-state index contributed by atoms with van der Waals surface area (Å²) < 4.78 is 35.0. The number of amides is 2. The molecule has 0 saturated carbocycles. The van der Waals surface area contributed by atoms with Crippen molar-refractivity contribution in [3.63, 3.8) is 0 Å². The van der Waals surface area contributed by atoms with E-state index < -0.39 is 28.5 Å². The summed E-state index contributed by atoms with van der Waals surface area (Å²) in [5.74, 6) is -0.343. The zero-order valence-corrected chi connectivity index (χ0v) is 27.6. The number of anilines is 1. The number of sulfonamides is 1. The van der Waals surface area contributed by atoms with Crippen LogP contribution in [-0.4, -0.2) is 50.9 Å². The van der Waals surface area contributed by atoms with Crippen molar-refractivity contribution in [1.29, 1.82) is 0 Å². The first kappa shape index (κ1) is 33.4.